The topological polar surface area (TPSA) is 92.3 Å². The van der Waals surface area contributed by atoms with Gasteiger partial charge in [0.2, 0.25) is 15.2 Å². The van der Waals surface area contributed by atoms with Crippen molar-refractivity contribution >= 4 is 43.7 Å². The first-order chi connectivity index (χ1) is 11.0. The zero-order valence-electron chi connectivity index (χ0n) is 12.5. The molecule has 0 aliphatic carbocycles. The predicted octanol–water partition coefficient (Wildman–Crippen LogP) is 2.33. The minimum atomic E-state index is -3.51. The van der Waals surface area contributed by atoms with Crippen LogP contribution in [0.5, 0.6) is 0 Å². The van der Waals surface area contributed by atoms with Crippen LogP contribution in [-0.4, -0.2) is 41.9 Å². The number of aryl methyl sites for hydroxylation is 1. The Bertz CT molecular complexity index is 806. The number of carbonyl (C=O) groups is 1. The first-order valence-corrected chi connectivity index (χ1v) is 10.3. The maximum Gasteiger partial charge on any atom is 0.267 e. The van der Waals surface area contributed by atoms with E-state index in [1.807, 2.05) is 0 Å². The van der Waals surface area contributed by atoms with Crippen LogP contribution in [0.25, 0.3) is 0 Å². The van der Waals surface area contributed by atoms with Gasteiger partial charge in [0.15, 0.2) is 0 Å². The molecule has 3 heterocycles. The van der Waals surface area contributed by atoms with Crippen LogP contribution in [0, 0.1) is 6.92 Å². The van der Waals surface area contributed by atoms with E-state index in [0.717, 1.165) is 35.6 Å². The Morgan fingerprint density at radius 3 is 2.65 bits per heavy atom. The number of hydrogen-bond acceptors (Lipinski definition) is 7. The van der Waals surface area contributed by atoms with Gasteiger partial charge in [-0.05, 0) is 25.8 Å². The van der Waals surface area contributed by atoms with Crippen molar-refractivity contribution in [2.45, 2.75) is 31.1 Å². The summed E-state index contributed by atoms with van der Waals surface area (Å²) in [7, 11) is -3.51. The van der Waals surface area contributed by atoms with Crippen LogP contribution in [0.3, 0.4) is 0 Å². The van der Waals surface area contributed by atoms with E-state index in [1.165, 1.54) is 27.1 Å². The zero-order chi connectivity index (χ0) is 16.4. The SMILES string of the molecule is Cc1nnc(NC(=O)c2cc(S(=O)(=O)N3CCCCC3)cs2)s1. The van der Waals surface area contributed by atoms with Gasteiger partial charge in [-0.3, -0.25) is 10.1 Å². The fraction of sp³-hybridized carbons (Fsp3) is 0.462. The Kier molecular flexibility index (Phi) is 4.76. The number of hydrogen-bond donors (Lipinski definition) is 1. The molecule has 0 aromatic carbocycles. The highest BCUT2D eigenvalue weighted by molar-refractivity contribution is 7.89. The van der Waals surface area contributed by atoms with Crippen LogP contribution >= 0.6 is 22.7 Å². The molecule has 1 fully saturated rings. The summed E-state index contributed by atoms with van der Waals surface area (Å²) in [6, 6.07) is 1.43. The van der Waals surface area contributed by atoms with Crippen molar-refractivity contribution in [3.63, 3.8) is 0 Å². The average molecular weight is 372 g/mol. The van der Waals surface area contributed by atoms with Crippen molar-refractivity contribution in [1.82, 2.24) is 14.5 Å². The van der Waals surface area contributed by atoms with Crippen LogP contribution < -0.4 is 5.32 Å². The molecule has 2 aromatic rings. The largest absolute Gasteiger partial charge is 0.296 e. The lowest BCUT2D eigenvalue weighted by molar-refractivity contribution is 0.103. The van der Waals surface area contributed by atoms with Gasteiger partial charge >= 0.3 is 0 Å². The Morgan fingerprint density at radius 1 is 1.26 bits per heavy atom. The summed E-state index contributed by atoms with van der Waals surface area (Å²) in [5.74, 6) is -0.369. The van der Waals surface area contributed by atoms with Crippen molar-refractivity contribution in [3.05, 3.63) is 21.3 Å². The van der Waals surface area contributed by atoms with Gasteiger partial charge in [0.05, 0.1) is 9.77 Å². The molecule has 1 aliphatic heterocycles. The summed E-state index contributed by atoms with van der Waals surface area (Å²) in [6.07, 6.45) is 2.82. The molecular weight excluding hydrogens is 356 g/mol. The zero-order valence-corrected chi connectivity index (χ0v) is 14.9. The van der Waals surface area contributed by atoms with E-state index in [4.69, 9.17) is 0 Å². The summed E-state index contributed by atoms with van der Waals surface area (Å²) in [5, 5.41) is 13.0. The van der Waals surface area contributed by atoms with E-state index in [0.29, 0.717) is 23.1 Å². The smallest absolute Gasteiger partial charge is 0.267 e. The van der Waals surface area contributed by atoms with Gasteiger partial charge in [0.25, 0.3) is 5.91 Å². The number of nitrogens with one attached hydrogen (secondary N) is 1. The van der Waals surface area contributed by atoms with Crippen molar-refractivity contribution in [1.29, 1.82) is 0 Å². The van der Waals surface area contributed by atoms with Gasteiger partial charge < -0.3 is 0 Å². The molecule has 1 saturated heterocycles. The minimum Gasteiger partial charge on any atom is -0.296 e. The lowest BCUT2D eigenvalue weighted by Gasteiger charge is -2.25. The van der Waals surface area contributed by atoms with Gasteiger partial charge in [0, 0.05) is 18.5 Å². The fourth-order valence-electron chi connectivity index (χ4n) is 2.33. The molecule has 7 nitrogen and oxygen atoms in total. The summed E-state index contributed by atoms with van der Waals surface area (Å²) in [4.78, 5) is 12.7. The highest BCUT2D eigenvalue weighted by Gasteiger charge is 2.27. The van der Waals surface area contributed by atoms with E-state index in [2.05, 4.69) is 15.5 Å². The number of amides is 1. The number of rotatable bonds is 4. The summed E-state index contributed by atoms with van der Waals surface area (Å²) >= 11 is 2.38. The van der Waals surface area contributed by atoms with Crippen LogP contribution in [0.4, 0.5) is 5.13 Å². The average Bonchev–Trinajstić information content (AvgIpc) is 3.18. The van der Waals surface area contributed by atoms with Crippen molar-refractivity contribution in [2.24, 2.45) is 0 Å². The monoisotopic (exact) mass is 372 g/mol. The van der Waals surface area contributed by atoms with Crippen LogP contribution in [0.1, 0.15) is 33.9 Å². The number of sulfonamides is 1. The highest BCUT2D eigenvalue weighted by Crippen LogP contribution is 2.26. The maximum atomic E-state index is 12.6. The van der Waals surface area contributed by atoms with Gasteiger partial charge in [0.1, 0.15) is 5.01 Å². The lowest BCUT2D eigenvalue weighted by Crippen LogP contribution is -2.35. The van der Waals surface area contributed by atoms with Crippen molar-refractivity contribution in [3.8, 4) is 0 Å². The normalized spacial score (nSPS) is 16.4. The van der Waals surface area contributed by atoms with Gasteiger partial charge in [-0.25, -0.2) is 8.42 Å². The minimum absolute atomic E-state index is 0.183. The molecule has 0 radical (unpaired) electrons. The van der Waals surface area contributed by atoms with E-state index in [9.17, 15) is 13.2 Å². The maximum absolute atomic E-state index is 12.6. The van der Waals surface area contributed by atoms with Crippen molar-refractivity contribution in [2.75, 3.05) is 18.4 Å². The standard InChI is InChI=1S/C13H16N4O3S3/c1-9-15-16-13(22-9)14-12(18)11-7-10(8-21-11)23(19,20)17-5-3-2-4-6-17/h7-8H,2-6H2,1H3,(H,14,16,18). The number of aromatic nitrogens is 2. The van der Waals surface area contributed by atoms with Crippen LogP contribution in [0.15, 0.2) is 16.3 Å². The molecule has 2 aromatic heterocycles. The Hall–Kier alpha value is -1.36. The van der Waals surface area contributed by atoms with E-state index in [-0.39, 0.29) is 10.8 Å². The predicted molar refractivity (Wildman–Crippen MR) is 89.5 cm³/mol. The lowest BCUT2D eigenvalue weighted by atomic mass is 10.2. The van der Waals surface area contributed by atoms with Crippen molar-refractivity contribution < 1.29 is 13.2 Å². The number of carbonyl (C=O) groups excluding carboxylic acids is 1. The van der Waals surface area contributed by atoms with Gasteiger partial charge in [-0.1, -0.05) is 17.8 Å². The summed E-state index contributed by atoms with van der Waals surface area (Å²) in [6.45, 7) is 2.88. The van der Waals surface area contributed by atoms with Crippen LogP contribution in [-0.2, 0) is 10.0 Å². The number of nitrogens with zero attached hydrogens (tertiary/aromatic N) is 3. The highest BCUT2D eigenvalue weighted by atomic mass is 32.2. The quantitative estimate of drug-likeness (QED) is 0.889. The summed E-state index contributed by atoms with van der Waals surface area (Å²) in [5.41, 5.74) is 0. The van der Waals surface area contributed by atoms with Crippen LogP contribution in [0.2, 0.25) is 0 Å². The molecule has 0 unspecified atom stereocenters. The second kappa shape index (κ2) is 6.63. The van der Waals surface area contributed by atoms with Gasteiger partial charge in [-0.15, -0.1) is 21.5 Å². The number of piperidine rings is 1. The molecular formula is C13H16N4O3S3. The third-order valence-corrected chi connectivity index (χ3v) is 7.21. The molecule has 0 spiro atoms. The van der Waals surface area contributed by atoms with E-state index < -0.39 is 10.0 Å². The summed E-state index contributed by atoms with van der Waals surface area (Å²) < 4.78 is 26.6. The molecule has 1 amide bonds. The molecule has 10 heteroatoms. The molecule has 0 saturated carbocycles. The van der Waals surface area contributed by atoms with E-state index >= 15 is 0 Å². The third-order valence-electron chi connectivity index (χ3n) is 3.50. The fourth-order valence-corrected chi connectivity index (χ4v) is 5.59. The Balaban J connectivity index is 1.75. The first-order valence-electron chi connectivity index (χ1n) is 7.17. The van der Waals surface area contributed by atoms with E-state index in [1.54, 1.807) is 6.92 Å². The second-order valence-corrected chi connectivity index (χ2v) is 9.22. The molecule has 1 aliphatic rings. The Labute approximate surface area is 142 Å². The van der Waals surface area contributed by atoms with Gasteiger partial charge in [-0.2, -0.15) is 4.31 Å². The second-order valence-electron chi connectivity index (χ2n) is 5.19. The molecule has 0 atom stereocenters. The molecule has 3 rings (SSSR count). The molecule has 1 N–H and O–H groups in total. The molecule has 0 bridgehead atoms. The number of anilines is 1. The molecule has 23 heavy (non-hydrogen) atoms. The first kappa shape index (κ1) is 16.5. The third kappa shape index (κ3) is 3.60. The number of thiophene rings is 1. The molecule has 124 valence electrons. The Morgan fingerprint density at radius 2 is 2.00 bits per heavy atom.